The number of hydrogen-bond donors (Lipinski definition) is 8. The van der Waals surface area contributed by atoms with Gasteiger partial charge in [0.1, 0.15) is 88.3 Å². The normalized spacial score (nSPS) is 18.5. The van der Waals surface area contributed by atoms with Crippen LogP contribution >= 0.6 is 68.0 Å². The van der Waals surface area contributed by atoms with E-state index in [-0.39, 0.29) is 65.5 Å². The minimum absolute atomic E-state index is 0.0169. The van der Waals surface area contributed by atoms with E-state index in [2.05, 4.69) is 36.6 Å². The van der Waals surface area contributed by atoms with Crippen molar-refractivity contribution in [1.82, 2.24) is 61.5 Å². The lowest BCUT2D eigenvalue weighted by molar-refractivity contribution is -0.142. The first-order valence-corrected chi connectivity index (χ1v) is 32.8. The Morgan fingerprint density at radius 3 is 2.17 bits per heavy atom. The van der Waals surface area contributed by atoms with Crippen LogP contribution in [0.4, 0.5) is 10.6 Å². The molecule has 0 spiro atoms. The van der Waals surface area contributed by atoms with Crippen molar-refractivity contribution in [1.29, 1.82) is 0 Å². The molecule has 10 rings (SSSR count). The first kappa shape index (κ1) is 63.6. The lowest BCUT2D eigenvalue weighted by atomic mass is 10.0. The van der Waals surface area contributed by atoms with Gasteiger partial charge in [-0.15, -0.1) is 68.0 Å². The van der Waals surface area contributed by atoms with Gasteiger partial charge in [0.05, 0.1) is 54.6 Å². The van der Waals surface area contributed by atoms with Crippen LogP contribution < -0.4 is 31.5 Å². The van der Waals surface area contributed by atoms with Crippen LogP contribution in [0.1, 0.15) is 132 Å². The van der Waals surface area contributed by atoms with Crippen LogP contribution in [0.25, 0.3) is 43.4 Å². The summed E-state index contributed by atoms with van der Waals surface area (Å²) in [5, 5.41) is 53.7. The zero-order valence-corrected chi connectivity index (χ0v) is 52.9. The maximum absolute atomic E-state index is 14.4. The fourth-order valence-electron chi connectivity index (χ4n) is 9.68. The first-order valence-electron chi connectivity index (χ1n) is 27.6. The van der Waals surface area contributed by atoms with Gasteiger partial charge in [0.25, 0.3) is 17.7 Å². The average molecular weight is 1320 g/mol. The van der Waals surface area contributed by atoms with Crippen LogP contribution in [-0.2, 0) is 35.3 Å². The molecule has 1 unspecified atom stereocenters. The van der Waals surface area contributed by atoms with Crippen molar-refractivity contribution in [2.75, 3.05) is 32.1 Å². The van der Waals surface area contributed by atoms with E-state index in [0.29, 0.717) is 75.8 Å². The number of aromatic nitrogens is 7. The van der Waals surface area contributed by atoms with Crippen LogP contribution in [0.15, 0.2) is 64.0 Å². The standard InChI is InChI=1S/C57H57N13O13S6/c1-25(2)41-55-69-44(36(89-55)20-82-5)48(77)59-19-39(72)66-45(46(75)27-9-7-6-8-10-27)54-64-35(23-86-54)52-62-33(21-85-52)43-30(50-63-34(22-84-50)47(76)61-32(18-38(71)58-4)53-68-42(26(3)88-53)49(78)67-41)13-14-31(60-43)51-65-37(24-87-51)70(16-15-40(73)74)57(81)83-29-12-11-28(17-29)56(79)80/h6-10,13-14,21-25,28-29,32,41,45-46,75H,11-12,15-20H2,1-5H3,(H,58,71)(H,59,77)(H,61,76)(H,66,72)(H,67,78)(H,73,74)(H,79,80)/t28-,29-,32-,41?,45-,46-/m0/s1. The van der Waals surface area contributed by atoms with Crippen molar-refractivity contribution in [2.45, 2.75) is 89.8 Å². The summed E-state index contributed by atoms with van der Waals surface area (Å²) in [6.45, 7) is 4.56. The number of carbonyl (C=O) groups is 8. The molecule has 89 heavy (non-hydrogen) atoms. The number of benzene rings is 1. The summed E-state index contributed by atoms with van der Waals surface area (Å²) in [5.41, 5.74) is 2.17. The van der Waals surface area contributed by atoms with Crippen molar-refractivity contribution < 1.29 is 63.1 Å². The Morgan fingerprint density at radius 2 is 1.44 bits per heavy atom. The molecule has 0 saturated heterocycles. The Balaban J connectivity index is 1.04. The molecule has 1 aliphatic carbocycles. The summed E-state index contributed by atoms with van der Waals surface area (Å²) in [4.78, 5) is 143. The molecule has 1 fully saturated rings. The molecule has 464 valence electrons. The number of amides is 6. The highest BCUT2D eigenvalue weighted by molar-refractivity contribution is 7.15. The van der Waals surface area contributed by atoms with Crippen LogP contribution in [-0.4, -0.2) is 131 Å². The maximum atomic E-state index is 14.4. The largest absolute Gasteiger partial charge is 0.481 e. The van der Waals surface area contributed by atoms with Crippen molar-refractivity contribution >= 4 is 121 Å². The SMILES string of the molecule is CNC(=O)C[C@@H]1NC(=O)c2csc(n2)-c2ccc(-c3nc(N(CCC(=O)O)C(=O)O[C@H]4CC[C@H](C(=O)O)C4)cs3)nc2-c2csc(n2)-c2csc(n2)[C@H]([C@@H](O)c2ccccc2)NC(=O)CNC(=O)c2nc(sc2COC)C(C(C)C)NC(=O)c2nc1sc2C. The molecule has 1 aliphatic heterocycles. The summed E-state index contributed by atoms with van der Waals surface area (Å²) in [6.07, 6.45) is -2.86. The van der Waals surface area contributed by atoms with Crippen LogP contribution in [0.2, 0.25) is 0 Å². The summed E-state index contributed by atoms with van der Waals surface area (Å²) in [5.74, 6) is -6.09. The molecule has 0 radical (unpaired) electrons. The van der Waals surface area contributed by atoms with E-state index in [1.807, 2.05) is 13.8 Å². The minimum Gasteiger partial charge on any atom is -0.481 e. The predicted octanol–water partition coefficient (Wildman–Crippen LogP) is 7.98. The zero-order valence-electron chi connectivity index (χ0n) is 48.0. The summed E-state index contributed by atoms with van der Waals surface area (Å²) in [7, 11) is 2.91. The van der Waals surface area contributed by atoms with Gasteiger partial charge < -0.3 is 51.4 Å². The number of hydrogen-bond acceptors (Lipinski definition) is 24. The quantitative estimate of drug-likeness (QED) is 0.0511. The Labute approximate surface area is 531 Å². The van der Waals surface area contributed by atoms with Crippen molar-refractivity contribution in [2.24, 2.45) is 11.8 Å². The molecule has 32 heteroatoms. The van der Waals surface area contributed by atoms with Gasteiger partial charge in [0.15, 0.2) is 0 Å². The molecule has 6 atom stereocenters. The van der Waals surface area contributed by atoms with Crippen LogP contribution in [0, 0.1) is 18.8 Å². The third-order valence-corrected chi connectivity index (χ3v) is 20.0. The highest BCUT2D eigenvalue weighted by Crippen LogP contribution is 2.41. The molecular formula is C57H57N13O13S6. The molecule has 8 aromatic rings. The van der Waals surface area contributed by atoms with Gasteiger partial charge in [-0.1, -0.05) is 44.2 Å². The van der Waals surface area contributed by atoms with E-state index in [1.165, 1.54) is 30.9 Å². The maximum Gasteiger partial charge on any atom is 0.415 e. The number of anilines is 1. The van der Waals surface area contributed by atoms with E-state index in [9.17, 15) is 53.7 Å². The first-order chi connectivity index (χ1) is 42.7. The Bertz CT molecular complexity index is 3970. The molecule has 1 aromatic carbocycles. The van der Waals surface area contributed by atoms with Crippen molar-refractivity contribution in [3.05, 3.63) is 111 Å². The molecule has 10 bridgehead atoms. The second kappa shape index (κ2) is 28.0. The number of aliphatic hydroxyl groups excluding tert-OH is 1. The number of rotatable bonds is 14. The number of carbonyl (C=O) groups excluding carboxylic acids is 6. The smallest absolute Gasteiger partial charge is 0.415 e. The average Bonchev–Trinajstić information content (AvgIpc) is 1.82. The number of pyridine rings is 1. The number of aliphatic carboxylic acids is 2. The number of ether oxygens (including phenoxy) is 2. The molecule has 2 aliphatic rings. The highest BCUT2D eigenvalue weighted by Gasteiger charge is 2.36. The second-order valence-corrected chi connectivity index (χ2v) is 26.6. The summed E-state index contributed by atoms with van der Waals surface area (Å²) in [6, 6.07) is 9.14. The molecule has 26 nitrogen and oxygen atoms in total. The van der Waals surface area contributed by atoms with Gasteiger partial charge in [-0.05, 0) is 49.8 Å². The van der Waals surface area contributed by atoms with Gasteiger partial charge in [-0.3, -0.25) is 38.5 Å². The molecule has 8 N–H and O–H groups in total. The predicted molar refractivity (Wildman–Crippen MR) is 332 cm³/mol. The van der Waals surface area contributed by atoms with Crippen LogP contribution in [0.5, 0.6) is 0 Å². The number of nitrogens with zero attached hydrogens (tertiary/aromatic N) is 8. The second-order valence-electron chi connectivity index (χ2n) is 20.8. The molecule has 1 saturated carbocycles. The number of thiazole rings is 6. The Hall–Kier alpha value is -8.37. The lowest BCUT2D eigenvalue weighted by Crippen LogP contribution is -2.40. The number of nitrogens with one attached hydrogen (secondary N) is 5. The van der Waals surface area contributed by atoms with Crippen molar-refractivity contribution in [3.8, 4) is 43.4 Å². The van der Waals surface area contributed by atoms with Gasteiger partial charge in [0.2, 0.25) is 11.8 Å². The van der Waals surface area contributed by atoms with Crippen molar-refractivity contribution in [3.63, 3.8) is 0 Å². The Morgan fingerprint density at radius 1 is 0.719 bits per heavy atom. The van der Waals surface area contributed by atoms with E-state index < -0.39 is 96.8 Å². The topological polar surface area (TPSA) is 369 Å². The number of carboxylic acid groups (broad SMARTS) is 2. The molecule has 8 heterocycles. The number of carboxylic acids is 2. The molecule has 7 aromatic heterocycles. The number of fused-ring (bicyclic) bond motifs is 14. The highest BCUT2D eigenvalue weighted by atomic mass is 32.1. The van der Waals surface area contributed by atoms with E-state index in [0.717, 1.165) is 61.6 Å². The van der Waals surface area contributed by atoms with Gasteiger partial charge in [-0.2, -0.15) is 0 Å². The summed E-state index contributed by atoms with van der Waals surface area (Å²) < 4.78 is 11.1. The van der Waals surface area contributed by atoms with Gasteiger partial charge >= 0.3 is 18.0 Å². The van der Waals surface area contributed by atoms with Gasteiger partial charge in [-0.25, -0.2) is 39.7 Å². The minimum atomic E-state index is -1.31. The monoisotopic (exact) mass is 1320 g/mol. The molecule has 6 amide bonds. The Kier molecular flexibility index (Phi) is 20.0. The lowest BCUT2D eigenvalue weighted by Gasteiger charge is -2.23. The van der Waals surface area contributed by atoms with Gasteiger partial charge in [0, 0.05) is 52.7 Å². The zero-order chi connectivity index (χ0) is 63.2. The number of aryl methyl sites for hydroxylation is 1. The van der Waals surface area contributed by atoms with Crippen LogP contribution in [0.3, 0.4) is 0 Å². The van der Waals surface area contributed by atoms with E-state index in [4.69, 9.17) is 34.4 Å². The molecular weight excluding hydrogens is 1270 g/mol. The third-order valence-electron chi connectivity index (χ3n) is 14.3. The van der Waals surface area contributed by atoms with E-state index >= 15 is 0 Å². The fraction of sp³-hybridized carbons (Fsp3) is 0.351. The fourth-order valence-corrected chi connectivity index (χ4v) is 15.2. The van der Waals surface area contributed by atoms with E-state index in [1.54, 1.807) is 65.5 Å². The number of methoxy groups -OCH3 is 1. The number of aliphatic hydroxyl groups is 1. The third kappa shape index (κ3) is 14.7. The summed E-state index contributed by atoms with van der Waals surface area (Å²) >= 11 is 6.87.